The van der Waals surface area contributed by atoms with E-state index in [0.717, 1.165) is 11.1 Å². The maximum atomic E-state index is 11.8. The minimum atomic E-state index is -0.861. The Morgan fingerprint density at radius 1 is 1.25 bits per heavy atom. The van der Waals surface area contributed by atoms with Crippen LogP contribution in [0.5, 0.6) is 0 Å². The first-order chi connectivity index (χ1) is 9.30. The van der Waals surface area contributed by atoms with E-state index in [2.05, 4.69) is 10.6 Å². The Morgan fingerprint density at radius 3 is 2.50 bits per heavy atom. The van der Waals surface area contributed by atoms with Crippen LogP contribution >= 0.6 is 0 Å². The van der Waals surface area contributed by atoms with Crippen LogP contribution in [0.4, 0.5) is 4.79 Å². The molecule has 0 heterocycles. The molecule has 110 valence electrons. The van der Waals surface area contributed by atoms with Gasteiger partial charge in [-0.1, -0.05) is 24.3 Å². The summed E-state index contributed by atoms with van der Waals surface area (Å²) < 4.78 is 0. The molecule has 20 heavy (non-hydrogen) atoms. The largest absolute Gasteiger partial charge is 0.481 e. The van der Waals surface area contributed by atoms with Crippen molar-refractivity contribution in [3.63, 3.8) is 0 Å². The number of carbonyl (C=O) groups is 2. The minimum absolute atomic E-state index is 0.0328. The molecule has 0 radical (unpaired) electrons. The summed E-state index contributed by atoms with van der Waals surface area (Å²) in [5.74, 6) is -0.861. The van der Waals surface area contributed by atoms with Crippen LogP contribution in [0.2, 0.25) is 0 Å². The van der Waals surface area contributed by atoms with Crippen molar-refractivity contribution in [2.75, 3.05) is 0 Å². The summed E-state index contributed by atoms with van der Waals surface area (Å²) in [4.78, 5) is 22.4. The third-order valence-electron chi connectivity index (χ3n) is 3.12. The molecule has 1 aromatic rings. The first kappa shape index (κ1) is 16.0. The Hall–Kier alpha value is -2.04. The van der Waals surface area contributed by atoms with E-state index in [9.17, 15) is 9.59 Å². The second-order valence-electron chi connectivity index (χ2n) is 5.51. The number of aliphatic carboxylic acids is 1. The molecule has 1 aromatic carbocycles. The molecule has 0 unspecified atom stereocenters. The highest BCUT2D eigenvalue weighted by Gasteiger charge is 2.21. The van der Waals surface area contributed by atoms with Gasteiger partial charge in [0.2, 0.25) is 0 Å². The van der Waals surface area contributed by atoms with Gasteiger partial charge in [-0.3, -0.25) is 4.79 Å². The summed E-state index contributed by atoms with van der Waals surface area (Å²) in [5.41, 5.74) is 1.64. The molecule has 0 aromatic heterocycles. The molecule has 1 rings (SSSR count). The topological polar surface area (TPSA) is 78.4 Å². The molecule has 5 heteroatoms. The highest BCUT2D eigenvalue weighted by molar-refractivity contribution is 5.75. The lowest BCUT2D eigenvalue weighted by Gasteiger charge is -2.25. The summed E-state index contributed by atoms with van der Waals surface area (Å²) in [6.45, 7) is 6.06. The van der Waals surface area contributed by atoms with Crippen LogP contribution < -0.4 is 10.6 Å². The van der Waals surface area contributed by atoms with Crippen LogP contribution in [-0.2, 0) is 11.3 Å². The van der Waals surface area contributed by atoms with E-state index >= 15 is 0 Å². The van der Waals surface area contributed by atoms with Gasteiger partial charge in [0, 0.05) is 18.5 Å². The minimum Gasteiger partial charge on any atom is -0.481 e. The zero-order valence-corrected chi connectivity index (χ0v) is 12.2. The van der Waals surface area contributed by atoms with Gasteiger partial charge in [0.15, 0.2) is 0 Å². The fourth-order valence-corrected chi connectivity index (χ4v) is 1.82. The average molecular weight is 278 g/mol. The number of urea groups is 1. The van der Waals surface area contributed by atoms with Crippen LogP contribution in [0, 0.1) is 6.92 Å². The molecule has 2 amide bonds. The Balaban J connectivity index is 2.43. The monoisotopic (exact) mass is 278 g/mol. The van der Waals surface area contributed by atoms with Crippen LogP contribution in [-0.4, -0.2) is 22.6 Å². The van der Waals surface area contributed by atoms with E-state index in [0.29, 0.717) is 13.0 Å². The summed E-state index contributed by atoms with van der Waals surface area (Å²) in [7, 11) is 0. The molecule has 0 aliphatic heterocycles. The number of benzene rings is 1. The van der Waals surface area contributed by atoms with Gasteiger partial charge in [-0.2, -0.15) is 0 Å². The van der Waals surface area contributed by atoms with E-state index in [1.165, 1.54) is 0 Å². The van der Waals surface area contributed by atoms with Crippen molar-refractivity contribution < 1.29 is 14.7 Å². The molecular formula is C15H22N2O3. The van der Waals surface area contributed by atoms with Crippen molar-refractivity contribution in [2.45, 2.75) is 45.7 Å². The third kappa shape index (κ3) is 5.73. The van der Waals surface area contributed by atoms with Gasteiger partial charge in [-0.05, 0) is 38.3 Å². The summed E-state index contributed by atoms with van der Waals surface area (Å²) in [5, 5.41) is 14.2. The second kappa shape index (κ2) is 6.93. The maximum absolute atomic E-state index is 11.8. The molecule has 5 nitrogen and oxygen atoms in total. The Kier molecular flexibility index (Phi) is 5.55. The Morgan fingerprint density at radius 2 is 1.90 bits per heavy atom. The van der Waals surface area contributed by atoms with Crippen LogP contribution in [0.15, 0.2) is 24.3 Å². The zero-order valence-electron chi connectivity index (χ0n) is 12.2. The highest BCUT2D eigenvalue weighted by atomic mass is 16.4. The fraction of sp³-hybridized carbons (Fsp3) is 0.467. The SMILES string of the molecule is Cc1ccccc1CNC(=O)NC(C)(C)CCC(=O)O. The highest BCUT2D eigenvalue weighted by Crippen LogP contribution is 2.11. The molecule has 3 N–H and O–H groups in total. The first-order valence-electron chi connectivity index (χ1n) is 6.62. The first-order valence-corrected chi connectivity index (χ1v) is 6.62. The number of rotatable bonds is 6. The van der Waals surface area contributed by atoms with E-state index in [4.69, 9.17) is 5.11 Å². The Bertz CT molecular complexity index is 484. The summed E-state index contributed by atoms with van der Waals surface area (Å²) in [6, 6.07) is 7.55. The molecule has 0 bridgehead atoms. The van der Waals surface area contributed by atoms with Crippen molar-refractivity contribution in [2.24, 2.45) is 0 Å². The molecular weight excluding hydrogens is 256 g/mol. The molecule has 0 saturated carbocycles. The average Bonchev–Trinajstić information content (AvgIpc) is 2.35. The number of hydrogen-bond acceptors (Lipinski definition) is 2. The van der Waals surface area contributed by atoms with Gasteiger partial charge >= 0.3 is 12.0 Å². The standard InChI is InChI=1S/C15H22N2O3/c1-11-6-4-5-7-12(11)10-16-14(20)17-15(2,3)9-8-13(18)19/h4-7H,8-10H2,1-3H3,(H,18,19)(H2,16,17,20). The predicted molar refractivity (Wildman–Crippen MR) is 77.5 cm³/mol. The van der Waals surface area contributed by atoms with Crippen LogP contribution in [0.3, 0.4) is 0 Å². The number of carboxylic acids is 1. The fourth-order valence-electron chi connectivity index (χ4n) is 1.82. The Labute approximate surface area is 119 Å². The van der Waals surface area contributed by atoms with Gasteiger partial charge in [0.25, 0.3) is 0 Å². The van der Waals surface area contributed by atoms with Crippen LogP contribution in [0.25, 0.3) is 0 Å². The lowest BCUT2D eigenvalue weighted by Crippen LogP contribution is -2.48. The van der Waals surface area contributed by atoms with E-state index in [1.54, 1.807) is 0 Å². The number of aryl methyl sites for hydroxylation is 1. The summed E-state index contributed by atoms with van der Waals surface area (Å²) in [6.07, 6.45) is 0.422. The molecule has 0 atom stereocenters. The number of nitrogens with one attached hydrogen (secondary N) is 2. The van der Waals surface area contributed by atoms with E-state index < -0.39 is 11.5 Å². The van der Waals surface area contributed by atoms with Crippen molar-refractivity contribution in [1.29, 1.82) is 0 Å². The zero-order chi connectivity index (χ0) is 15.2. The smallest absolute Gasteiger partial charge is 0.315 e. The predicted octanol–water partition coefficient (Wildman–Crippen LogP) is 2.44. The van der Waals surface area contributed by atoms with Crippen LogP contribution in [0.1, 0.15) is 37.8 Å². The molecule has 0 aliphatic carbocycles. The maximum Gasteiger partial charge on any atom is 0.315 e. The number of carbonyl (C=O) groups excluding carboxylic acids is 1. The lowest BCUT2D eigenvalue weighted by atomic mass is 9.99. The van der Waals surface area contributed by atoms with Gasteiger partial charge in [0.05, 0.1) is 0 Å². The van der Waals surface area contributed by atoms with Gasteiger partial charge < -0.3 is 15.7 Å². The van der Waals surface area contributed by atoms with Gasteiger partial charge in [-0.15, -0.1) is 0 Å². The van der Waals surface area contributed by atoms with Gasteiger partial charge in [-0.25, -0.2) is 4.79 Å². The quantitative estimate of drug-likeness (QED) is 0.748. The summed E-state index contributed by atoms with van der Waals surface area (Å²) >= 11 is 0. The molecule has 0 spiro atoms. The van der Waals surface area contributed by atoms with E-state index in [1.807, 2.05) is 45.0 Å². The molecule has 0 aliphatic rings. The van der Waals surface area contributed by atoms with E-state index in [-0.39, 0.29) is 12.5 Å². The van der Waals surface area contributed by atoms with Gasteiger partial charge in [0.1, 0.15) is 0 Å². The second-order valence-corrected chi connectivity index (χ2v) is 5.51. The number of amides is 2. The van der Waals surface area contributed by atoms with Crippen molar-refractivity contribution in [1.82, 2.24) is 10.6 Å². The normalized spacial score (nSPS) is 10.9. The molecule has 0 saturated heterocycles. The van der Waals surface area contributed by atoms with Crippen molar-refractivity contribution >= 4 is 12.0 Å². The number of carboxylic acid groups (broad SMARTS) is 1. The van der Waals surface area contributed by atoms with Crippen molar-refractivity contribution in [3.8, 4) is 0 Å². The van der Waals surface area contributed by atoms with Crippen molar-refractivity contribution in [3.05, 3.63) is 35.4 Å². The lowest BCUT2D eigenvalue weighted by molar-refractivity contribution is -0.137. The third-order valence-corrected chi connectivity index (χ3v) is 3.12. The molecule has 0 fully saturated rings. The number of hydrogen-bond donors (Lipinski definition) is 3.